The second-order valence-corrected chi connectivity index (χ2v) is 12.9. The van der Waals surface area contributed by atoms with E-state index >= 15 is 0 Å². The van der Waals surface area contributed by atoms with Gasteiger partial charge in [0.15, 0.2) is 12.3 Å². The Morgan fingerprint density at radius 2 is 1.71 bits per heavy atom. The highest BCUT2D eigenvalue weighted by Gasteiger charge is 2.44. The molecule has 0 spiro atoms. The summed E-state index contributed by atoms with van der Waals surface area (Å²) >= 11 is 7.28. The summed E-state index contributed by atoms with van der Waals surface area (Å²) in [4.78, 5) is 14.4. The Hall–Kier alpha value is -3.63. The molecule has 2 aromatic rings. The van der Waals surface area contributed by atoms with E-state index in [0.29, 0.717) is 12.1 Å². The van der Waals surface area contributed by atoms with Gasteiger partial charge in [-0.2, -0.15) is 4.58 Å². The maximum atomic E-state index is 12.1. The van der Waals surface area contributed by atoms with Crippen LogP contribution in [-0.2, 0) is 20.4 Å². The smallest absolute Gasteiger partial charge is 0.333 e. The van der Waals surface area contributed by atoms with Crippen LogP contribution in [0.25, 0.3) is 0 Å². The molecule has 2 aromatic carbocycles. The van der Waals surface area contributed by atoms with Crippen LogP contribution in [-0.4, -0.2) is 36.0 Å². The molecule has 42 heavy (non-hydrogen) atoms. The molecule has 3 aliphatic rings. The van der Waals surface area contributed by atoms with Crippen LogP contribution in [0.4, 0.5) is 11.4 Å². The highest BCUT2D eigenvalue weighted by Crippen LogP contribution is 2.49. The number of ether oxygens (including phenoxy) is 1. The third kappa shape index (κ3) is 5.22. The summed E-state index contributed by atoms with van der Waals surface area (Å²) in [5.41, 5.74) is 9.73. The van der Waals surface area contributed by atoms with Crippen LogP contribution in [0, 0.1) is 0 Å². The van der Waals surface area contributed by atoms with Crippen molar-refractivity contribution < 1.29 is 14.1 Å². The number of halogens is 1. The minimum absolute atomic E-state index is 0.146. The molecule has 2 aliphatic heterocycles. The second kappa shape index (κ2) is 11.6. The average molecular weight is 582 g/mol. The largest absolute Gasteiger partial charge is 0.460 e. The van der Waals surface area contributed by atoms with Gasteiger partial charge in [0.1, 0.15) is 6.61 Å². The van der Waals surface area contributed by atoms with E-state index in [9.17, 15) is 4.79 Å². The summed E-state index contributed by atoms with van der Waals surface area (Å²) in [5.74, 6) is -0.361. The standard InChI is InChI=1S/C37H42ClN2O2/c1-8-20-39-30-18-11-9-16-28(30)36(4,5)32(39)23-26-14-13-15-27(34(26)38)24-33-37(6,7)29-17-10-12-19-31(29)40(33)21-22-42-35(41)25(2)3/h8-12,16-19,23-24H,1-2,13-15,20-22H2,3-7H3/q+1. The Morgan fingerprint density at radius 1 is 1.02 bits per heavy atom. The molecule has 0 aromatic heterocycles. The van der Waals surface area contributed by atoms with Crippen LogP contribution in [0.1, 0.15) is 65.0 Å². The third-order valence-electron chi connectivity index (χ3n) is 8.88. The molecule has 1 aliphatic carbocycles. The molecule has 0 saturated heterocycles. The van der Waals surface area contributed by atoms with E-state index in [-0.39, 0.29) is 23.4 Å². The summed E-state index contributed by atoms with van der Waals surface area (Å²) in [6.07, 6.45) is 9.47. The summed E-state index contributed by atoms with van der Waals surface area (Å²) in [5, 5.41) is 0.840. The Labute approximate surface area is 256 Å². The van der Waals surface area contributed by atoms with Gasteiger partial charge in [0, 0.05) is 45.1 Å². The molecule has 0 fully saturated rings. The number of anilines is 1. The molecule has 5 rings (SSSR count). The van der Waals surface area contributed by atoms with Gasteiger partial charge in [-0.3, -0.25) is 0 Å². The number of hydrogen-bond donors (Lipinski definition) is 0. The normalized spacial score (nSPS) is 20.7. The van der Waals surface area contributed by atoms with Crippen molar-refractivity contribution in [3.05, 3.63) is 118 Å². The number of carbonyl (C=O) groups is 1. The molecule has 4 nitrogen and oxygen atoms in total. The third-order valence-corrected chi connectivity index (χ3v) is 9.37. The van der Waals surface area contributed by atoms with Crippen molar-refractivity contribution in [2.24, 2.45) is 0 Å². The van der Waals surface area contributed by atoms with Crippen molar-refractivity contribution in [1.29, 1.82) is 0 Å². The van der Waals surface area contributed by atoms with Crippen molar-refractivity contribution in [2.45, 2.75) is 64.7 Å². The lowest BCUT2D eigenvalue weighted by Gasteiger charge is -2.29. The number of fused-ring (bicyclic) bond motifs is 2. The van der Waals surface area contributed by atoms with Gasteiger partial charge >= 0.3 is 5.97 Å². The highest BCUT2D eigenvalue weighted by atomic mass is 35.5. The van der Waals surface area contributed by atoms with Gasteiger partial charge in [0.05, 0.1) is 12.0 Å². The number of rotatable bonds is 8. The SMILES string of the molecule is C=CC[N+]1=C(/C=C2\CCCC(/C=C3/N(CCOC(=O)C(=C)C)c4ccccc4C3(C)C)=C2Cl)C(C)(C)c2ccccc21. The summed E-state index contributed by atoms with van der Waals surface area (Å²) in [7, 11) is 0. The molecule has 0 atom stereocenters. The number of benzene rings is 2. The van der Waals surface area contributed by atoms with E-state index in [0.717, 1.165) is 42.1 Å². The first-order valence-corrected chi connectivity index (χ1v) is 15.2. The quantitative estimate of drug-likeness (QED) is 0.135. The lowest BCUT2D eigenvalue weighted by molar-refractivity contribution is -0.425. The average Bonchev–Trinajstić information content (AvgIpc) is 3.30. The van der Waals surface area contributed by atoms with E-state index in [2.05, 4.69) is 111 Å². The fraction of sp³-hybridized carbons (Fsp3) is 0.351. The summed E-state index contributed by atoms with van der Waals surface area (Å²) < 4.78 is 7.88. The first-order chi connectivity index (χ1) is 20.0. The zero-order chi connectivity index (χ0) is 30.2. The van der Waals surface area contributed by atoms with Gasteiger partial charge < -0.3 is 9.64 Å². The fourth-order valence-electron chi connectivity index (χ4n) is 6.62. The summed E-state index contributed by atoms with van der Waals surface area (Å²) in [6, 6.07) is 17.1. The topological polar surface area (TPSA) is 32.5 Å². The zero-order valence-corrected chi connectivity index (χ0v) is 26.4. The van der Waals surface area contributed by atoms with Gasteiger partial charge in [-0.25, -0.2) is 4.79 Å². The number of hydrogen-bond acceptors (Lipinski definition) is 3. The predicted molar refractivity (Wildman–Crippen MR) is 175 cm³/mol. The Kier molecular flexibility index (Phi) is 8.22. The molecule has 2 heterocycles. The van der Waals surface area contributed by atoms with Crippen molar-refractivity contribution in [2.75, 3.05) is 24.6 Å². The van der Waals surface area contributed by atoms with E-state index < -0.39 is 0 Å². The van der Waals surface area contributed by atoms with Crippen LogP contribution in [0.5, 0.6) is 0 Å². The molecule has 0 radical (unpaired) electrons. The van der Waals surface area contributed by atoms with Gasteiger partial charge in [-0.1, -0.05) is 75.0 Å². The van der Waals surface area contributed by atoms with Gasteiger partial charge in [0.25, 0.3) is 0 Å². The van der Waals surface area contributed by atoms with E-state index in [1.165, 1.54) is 33.8 Å². The van der Waals surface area contributed by atoms with Crippen molar-refractivity contribution in [3.63, 3.8) is 0 Å². The van der Waals surface area contributed by atoms with Crippen LogP contribution in [0.15, 0.2) is 107 Å². The molecule has 0 N–H and O–H groups in total. The van der Waals surface area contributed by atoms with Crippen molar-refractivity contribution >= 4 is 34.7 Å². The number of nitrogens with zero attached hydrogens (tertiary/aromatic N) is 2. The minimum Gasteiger partial charge on any atom is -0.460 e. The Morgan fingerprint density at radius 3 is 2.43 bits per heavy atom. The lowest BCUT2D eigenvalue weighted by atomic mass is 9.80. The fourth-order valence-corrected chi connectivity index (χ4v) is 6.92. The van der Waals surface area contributed by atoms with Gasteiger partial charge in [-0.15, -0.1) is 0 Å². The Balaban J connectivity index is 1.55. The van der Waals surface area contributed by atoms with Crippen LogP contribution >= 0.6 is 11.6 Å². The second-order valence-electron chi connectivity index (χ2n) is 12.5. The lowest BCUT2D eigenvalue weighted by Crippen LogP contribution is -2.30. The molecular formula is C37H42ClN2O2+. The number of carbonyl (C=O) groups excluding carboxylic acids is 1. The van der Waals surface area contributed by atoms with Crippen molar-refractivity contribution in [3.8, 4) is 0 Å². The highest BCUT2D eigenvalue weighted by molar-refractivity contribution is 6.33. The minimum atomic E-state index is -0.361. The number of allylic oxidation sites excluding steroid dienone is 6. The van der Waals surface area contributed by atoms with Gasteiger partial charge in [0.2, 0.25) is 5.69 Å². The first-order valence-electron chi connectivity index (χ1n) is 14.8. The predicted octanol–water partition coefficient (Wildman–Crippen LogP) is 8.65. The van der Waals surface area contributed by atoms with Crippen LogP contribution in [0.3, 0.4) is 0 Å². The molecule has 0 bridgehead atoms. The monoisotopic (exact) mass is 581 g/mol. The molecular weight excluding hydrogens is 540 g/mol. The number of para-hydroxylation sites is 2. The zero-order valence-electron chi connectivity index (χ0n) is 25.6. The van der Waals surface area contributed by atoms with Crippen LogP contribution < -0.4 is 4.90 Å². The molecule has 0 unspecified atom stereocenters. The van der Waals surface area contributed by atoms with E-state index in [1.807, 2.05) is 6.08 Å². The molecule has 5 heteroatoms. The molecule has 218 valence electrons. The maximum absolute atomic E-state index is 12.1. The van der Waals surface area contributed by atoms with Crippen LogP contribution in [0.2, 0.25) is 0 Å². The summed E-state index contributed by atoms with van der Waals surface area (Å²) in [6.45, 7) is 20.1. The Bertz CT molecular complexity index is 1580. The van der Waals surface area contributed by atoms with E-state index in [4.69, 9.17) is 16.3 Å². The molecule has 0 saturated carbocycles. The first kappa shape index (κ1) is 29.8. The maximum Gasteiger partial charge on any atom is 0.333 e. The number of esters is 1. The van der Waals surface area contributed by atoms with E-state index in [1.54, 1.807) is 6.92 Å². The van der Waals surface area contributed by atoms with Gasteiger partial charge in [-0.05, 0) is 75.0 Å². The molecule has 0 amide bonds. The van der Waals surface area contributed by atoms with Crippen molar-refractivity contribution in [1.82, 2.24) is 0 Å².